The lowest BCUT2D eigenvalue weighted by atomic mass is 10.0. The molecular formula is C26H26ClN3O5S. The van der Waals surface area contributed by atoms with E-state index in [0.29, 0.717) is 45.5 Å². The number of carbonyl (C=O) groups excluding carboxylic acids is 3. The lowest BCUT2D eigenvalue weighted by Gasteiger charge is -2.19. The Balaban J connectivity index is 1.63. The van der Waals surface area contributed by atoms with Gasteiger partial charge in [0.1, 0.15) is 5.75 Å². The number of aliphatic hydroxyl groups is 1. The van der Waals surface area contributed by atoms with Crippen LogP contribution in [0.15, 0.2) is 42.5 Å². The van der Waals surface area contributed by atoms with E-state index in [1.54, 1.807) is 51.4 Å². The molecule has 8 nitrogen and oxygen atoms in total. The third kappa shape index (κ3) is 5.23. The van der Waals surface area contributed by atoms with Gasteiger partial charge in [-0.05, 0) is 55.0 Å². The van der Waals surface area contributed by atoms with E-state index in [-0.39, 0.29) is 24.3 Å². The van der Waals surface area contributed by atoms with Crippen molar-refractivity contribution in [1.29, 1.82) is 0 Å². The van der Waals surface area contributed by atoms with Gasteiger partial charge in [0.25, 0.3) is 17.7 Å². The molecular weight excluding hydrogens is 502 g/mol. The molecule has 10 heteroatoms. The van der Waals surface area contributed by atoms with Crippen molar-refractivity contribution >= 4 is 46.3 Å². The number of benzene rings is 2. The second kappa shape index (κ2) is 10.7. The number of amides is 3. The van der Waals surface area contributed by atoms with Crippen LogP contribution in [0.25, 0.3) is 10.4 Å². The lowest BCUT2D eigenvalue weighted by Crippen LogP contribution is -2.31. The number of nitrogens with one attached hydrogen (secondary N) is 2. The summed E-state index contributed by atoms with van der Waals surface area (Å²) in [6.45, 7) is 2.11. The summed E-state index contributed by atoms with van der Waals surface area (Å²) in [7, 11) is 3.18. The maximum Gasteiger partial charge on any atom is 0.268 e. The van der Waals surface area contributed by atoms with Crippen LogP contribution < -0.4 is 20.3 Å². The number of thiophene rings is 1. The number of carbonyl (C=O) groups is 3. The second-order valence-corrected chi connectivity index (χ2v) is 9.90. The van der Waals surface area contributed by atoms with Crippen molar-refractivity contribution in [2.45, 2.75) is 19.4 Å². The first-order valence-electron chi connectivity index (χ1n) is 11.4. The van der Waals surface area contributed by atoms with Crippen molar-refractivity contribution in [2.75, 3.05) is 32.1 Å². The maximum atomic E-state index is 13.5. The summed E-state index contributed by atoms with van der Waals surface area (Å²) < 4.78 is 5.89. The smallest absolute Gasteiger partial charge is 0.268 e. The summed E-state index contributed by atoms with van der Waals surface area (Å²) in [4.78, 5) is 40.8. The van der Waals surface area contributed by atoms with E-state index in [2.05, 4.69) is 10.6 Å². The summed E-state index contributed by atoms with van der Waals surface area (Å²) >= 11 is 7.73. The molecule has 0 spiro atoms. The van der Waals surface area contributed by atoms with Crippen LogP contribution in [0.1, 0.15) is 42.9 Å². The van der Waals surface area contributed by atoms with Gasteiger partial charge in [-0.15, -0.1) is 11.3 Å². The Morgan fingerprint density at radius 2 is 1.86 bits per heavy atom. The van der Waals surface area contributed by atoms with Crippen LogP contribution >= 0.6 is 22.9 Å². The van der Waals surface area contributed by atoms with Gasteiger partial charge in [-0.2, -0.15) is 0 Å². The minimum atomic E-state index is -0.676. The summed E-state index contributed by atoms with van der Waals surface area (Å²) in [5.41, 5.74) is 3.04. The molecule has 0 saturated carbocycles. The molecule has 2 heterocycles. The molecule has 188 valence electrons. The van der Waals surface area contributed by atoms with Crippen molar-refractivity contribution in [1.82, 2.24) is 10.6 Å². The maximum absolute atomic E-state index is 13.5. The van der Waals surface area contributed by atoms with Crippen molar-refractivity contribution in [2.24, 2.45) is 0 Å². The number of anilines is 1. The van der Waals surface area contributed by atoms with E-state index in [1.165, 1.54) is 16.2 Å². The Kier molecular flexibility index (Phi) is 7.63. The molecule has 3 aromatic rings. The highest BCUT2D eigenvalue weighted by molar-refractivity contribution is 7.17. The molecule has 1 atom stereocenters. The minimum absolute atomic E-state index is 0.113. The normalized spacial score (nSPS) is 12.9. The molecule has 2 aromatic carbocycles. The van der Waals surface area contributed by atoms with Gasteiger partial charge in [-0.25, -0.2) is 0 Å². The Morgan fingerprint density at radius 3 is 2.58 bits per heavy atom. The molecule has 3 N–H and O–H groups in total. The quantitative estimate of drug-likeness (QED) is 0.452. The van der Waals surface area contributed by atoms with E-state index in [9.17, 15) is 19.5 Å². The molecule has 1 aliphatic heterocycles. The molecule has 0 bridgehead atoms. The van der Waals surface area contributed by atoms with Gasteiger partial charge in [0.05, 0.1) is 28.3 Å². The molecule has 1 aliphatic rings. The Morgan fingerprint density at radius 1 is 1.14 bits per heavy atom. The predicted octanol–water partition coefficient (Wildman–Crippen LogP) is 3.75. The fourth-order valence-corrected chi connectivity index (χ4v) is 5.32. The first kappa shape index (κ1) is 25.7. The summed E-state index contributed by atoms with van der Waals surface area (Å²) in [6, 6.07) is 11.8. The van der Waals surface area contributed by atoms with Crippen molar-refractivity contribution in [3.05, 3.63) is 69.1 Å². The molecule has 4 rings (SSSR count). The zero-order valence-electron chi connectivity index (χ0n) is 20.1. The summed E-state index contributed by atoms with van der Waals surface area (Å²) in [5.74, 6) is -0.234. The Bertz CT molecular complexity index is 1340. The van der Waals surface area contributed by atoms with Gasteiger partial charge in [0.15, 0.2) is 0 Å². The SMILES string of the molecule is CNC(=O)c1ccc2c(c1)OCCc1cc(C(=O)N(C)c3cc(C(=O)NC[C@H](C)O)ccc3Cl)sc1-2. The first-order valence-corrected chi connectivity index (χ1v) is 12.5. The van der Waals surface area contributed by atoms with Crippen LogP contribution in [-0.2, 0) is 6.42 Å². The fourth-order valence-electron chi connectivity index (χ4n) is 3.86. The van der Waals surface area contributed by atoms with E-state index >= 15 is 0 Å². The largest absolute Gasteiger partial charge is 0.493 e. The van der Waals surface area contributed by atoms with E-state index < -0.39 is 6.10 Å². The second-order valence-electron chi connectivity index (χ2n) is 8.44. The number of aliphatic hydroxyl groups excluding tert-OH is 1. The van der Waals surface area contributed by atoms with Crippen LogP contribution in [-0.4, -0.2) is 56.2 Å². The number of rotatable bonds is 6. The molecule has 1 aromatic heterocycles. The highest BCUT2D eigenvalue weighted by Gasteiger charge is 2.25. The number of fused-ring (bicyclic) bond motifs is 3. The Labute approximate surface area is 217 Å². The van der Waals surface area contributed by atoms with Crippen LogP contribution in [0.4, 0.5) is 5.69 Å². The van der Waals surface area contributed by atoms with Crippen LogP contribution in [0.3, 0.4) is 0 Å². The number of nitrogens with zero attached hydrogens (tertiary/aromatic N) is 1. The van der Waals surface area contributed by atoms with Crippen molar-refractivity contribution in [3.8, 4) is 16.2 Å². The van der Waals surface area contributed by atoms with Gasteiger partial charge in [-0.1, -0.05) is 11.6 Å². The molecule has 36 heavy (non-hydrogen) atoms. The van der Waals surface area contributed by atoms with Crippen LogP contribution in [0, 0.1) is 0 Å². The zero-order valence-corrected chi connectivity index (χ0v) is 21.6. The number of hydrogen-bond donors (Lipinski definition) is 3. The van der Waals surface area contributed by atoms with E-state index in [1.807, 2.05) is 12.1 Å². The topological polar surface area (TPSA) is 108 Å². The van der Waals surface area contributed by atoms with Gasteiger partial charge < -0.3 is 25.4 Å². The predicted molar refractivity (Wildman–Crippen MR) is 141 cm³/mol. The monoisotopic (exact) mass is 527 g/mol. The minimum Gasteiger partial charge on any atom is -0.493 e. The number of halogens is 1. The van der Waals surface area contributed by atoms with Gasteiger partial charge in [0.2, 0.25) is 0 Å². The van der Waals surface area contributed by atoms with Gasteiger partial charge in [0, 0.05) is 48.6 Å². The number of hydrogen-bond acceptors (Lipinski definition) is 6. The molecule has 0 saturated heterocycles. The average Bonchev–Trinajstić information content (AvgIpc) is 3.22. The fraction of sp³-hybridized carbons (Fsp3) is 0.269. The third-order valence-corrected chi connectivity index (χ3v) is 7.31. The third-order valence-electron chi connectivity index (χ3n) is 5.80. The van der Waals surface area contributed by atoms with Crippen molar-refractivity contribution < 1.29 is 24.2 Å². The van der Waals surface area contributed by atoms with E-state index in [0.717, 1.165) is 16.0 Å². The Hall–Kier alpha value is -3.40. The summed E-state index contributed by atoms with van der Waals surface area (Å²) in [6.07, 6.45) is -0.0584. The van der Waals surface area contributed by atoms with Crippen molar-refractivity contribution in [3.63, 3.8) is 0 Å². The van der Waals surface area contributed by atoms with Crippen LogP contribution in [0.5, 0.6) is 5.75 Å². The standard InChI is InChI=1S/C26H26ClN3O5S/c1-14(31)13-29-25(33)16-5-7-19(27)20(10-16)30(3)26(34)22-12-15-8-9-35-21-11-17(24(32)28-2)4-6-18(21)23(15)36-22/h4-7,10-12,14,31H,8-9,13H2,1-3H3,(H,28,32)(H,29,33)/t14-/m0/s1. The highest BCUT2D eigenvalue weighted by Crippen LogP contribution is 2.42. The lowest BCUT2D eigenvalue weighted by molar-refractivity contribution is 0.0922. The molecule has 0 unspecified atom stereocenters. The number of ether oxygens (including phenoxy) is 1. The average molecular weight is 528 g/mol. The molecule has 3 amide bonds. The zero-order chi connectivity index (χ0) is 26.0. The molecule has 0 radical (unpaired) electrons. The highest BCUT2D eigenvalue weighted by atomic mass is 35.5. The first-order chi connectivity index (χ1) is 17.2. The van der Waals surface area contributed by atoms with E-state index in [4.69, 9.17) is 16.3 Å². The molecule has 0 aliphatic carbocycles. The van der Waals surface area contributed by atoms with Gasteiger partial charge >= 0.3 is 0 Å². The van der Waals surface area contributed by atoms with Gasteiger partial charge in [-0.3, -0.25) is 14.4 Å². The van der Waals surface area contributed by atoms with Crippen LogP contribution in [0.2, 0.25) is 5.02 Å². The summed E-state index contributed by atoms with van der Waals surface area (Å²) in [5, 5.41) is 15.0. The molecule has 0 fully saturated rings.